The third kappa shape index (κ3) is 1.57. The van der Waals surface area contributed by atoms with Crippen molar-refractivity contribution in [1.82, 2.24) is 9.38 Å². The Morgan fingerprint density at radius 3 is 3.07 bits per heavy atom. The molecule has 0 fully saturated rings. The van der Waals surface area contributed by atoms with Crippen molar-refractivity contribution in [1.29, 1.82) is 0 Å². The van der Waals surface area contributed by atoms with Gasteiger partial charge in [0.1, 0.15) is 11.4 Å². The van der Waals surface area contributed by atoms with E-state index in [0.717, 1.165) is 15.9 Å². The molecule has 0 radical (unpaired) electrons. The van der Waals surface area contributed by atoms with E-state index in [4.69, 9.17) is 0 Å². The second-order valence-corrected chi connectivity index (χ2v) is 3.98. The molecule has 4 heteroatoms. The SMILES string of the molecule is CC(=O)Cc1cnc2cccc(Br)n12. The van der Waals surface area contributed by atoms with Crippen LogP contribution in [-0.2, 0) is 11.2 Å². The van der Waals surface area contributed by atoms with E-state index in [0.29, 0.717) is 6.42 Å². The summed E-state index contributed by atoms with van der Waals surface area (Å²) in [4.78, 5) is 15.2. The molecule has 72 valence electrons. The molecule has 0 N–H and O–H groups in total. The molecule has 0 spiro atoms. The number of aromatic nitrogens is 2. The predicted octanol–water partition coefficient (Wildman–Crippen LogP) is 2.23. The minimum Gasteiger partial charge on any atom is -0.300 e. The number of imidazole rings is 1. The largest absolute Gasteiger partial charge is 0.300 e. The molecule has 0 amide bonds. The summed E-state index contributed by atoms with van der Waals surface area (Å²) in [7, 11) is 0. The Balaban J connectivity index is 2.61. The van der Waals surface area contributed by atoms with Crippen LogP contribution in [-0.4, -0.2) is 15.2 Å². The molecular formula is C10H9BrN2O. The number of carbonyl (C=O) groups excluding carboxylic acids is 1. The van der Waals surface area contributed by atoms with E-state index in [1.54, 1.807) is 13.1 Å². The number of halogens is 1. The summed E-state index contributed by atoms with van der Waals surface area (Å²) in [6.07, 6.45) is 2.16. The highest BCUT2D eigenvalue weighted by atomic mass is 79.9. The number of nitrogens with zero attached hydrogens (tertiary/aromatic N) is 2. The van der Waals surface area contributed by atoms with Crippen LogP contribution in [0.1, 0.15) is 12.6 Å². The van der Waals surface area contributed by atoms with Crippen LogP contribution in [0.5, 0.6) is 0 Å². The summed E-state index contributed by atoms with van der Waals surface area (Å²) in [5, 5.41) is 0. The number of Topliss-reactive ketones (excluding diaryl/α,β-unsaturated/α-hetero) is 1. The van der Waals surface area contributed by atoms with E-state index in [-0.39, 0.29) is 5.78 Å². The second-order valence-electron chi connectivity index (χ2n) is 3.17. The molecule has 0 saturated carbocycles. The monoisotopic (exact) mass is 252 g/mol. The van der Waals surface area contributed by atoms with Crippen molar-refractivity contribution in [2.24, 2.45) is 0 Å². The minimum absolute atomic E-state index is 0.141. The highest BCUT2D eigenvalue weighted by molar-refractivity contribution is 9.10. The van der Waals surface area contributed by atoms with Gasteiger partial charge < -0.3 is 0 Å². The number of fused-ring (bicyclic) bond motifs is 1. The first kappa shape index (κ1) is 9.40. The van der Waals surface area contributed by atoms with Gasteiger partial charge in [0.2, 0.25) is 0 Å². The van der Waals surface area contributed by atoms with Crippen LogP contribution in [0.25, 0.3) is 5.65 Å². The predicted molar refractivity (Wildman–Crippen MR) is 57.3 cm³/mol. The van der Waals surface area contributed by atoms with Gasteiger partial charge in [0.15, 0.2) is 0 Å². The summed E-state index contributed by atoms with van der Waals surface area (Å²) < 4.78 is 2.85. The Labute approximate surface area is 89.9 Å². The summed E-state index contributed by atoms with van der Waals surface area (Å²) in [5.41, 5.74) is 1.77. The highest BCUT2D eigenvalue weighted by Gasteiger charge is 2.07. The van der Waals surface area contributed by atoms with Crippen LogP contribution in [0.15, 0.2) is 29.0 Å². The Morgan fingerprint density at radius 2 is 2.36 bits per heavy atom. The van der Waals surface area contributed by atoms with E-state index in [1.165, 1.54) is 0 Å². The number of carbonyl (C=O) groups is 1. The quantitative estimate of drug-likeness (QED) is 0.769. The van der Waals surface area contributed by atoms with Crippen LogP contribution in [0.3, 0.4) is 0 Å². The number of hydrogen-bond acceptors (Lipinski definition) is 2. The van der Waals surface area contributed by atoms with Crippen LogP contribution < -0.4 is 0 Å². The van der Waals surface area contributed by atoms with Crippen molar-refractivity contribution in [3.8, 4) is 0 Å². The van der Waals surface area contributed by atoms with Gasteiger partial charge in [-0.05, 0) is 35.0 Å². The average Bonchev–Trinajstić information content (AvgIpc) is 2.49. The number of hydrogen-bond donors (Lipinski definition) is 0. The first-order chi connectivity index (χ1) is 6.68. The van der Waals surface area contributed by atoms with Gasteiger partial charge in [-0.25, -0.2) is 4.98 Å². The van der Waals surface area contributed by atoms with Gasteiger partial charge in [-0.2, -0.15) is 0 Å². The lowest BCUT2D eigenvalue weighted by Gasteiger charge is -2.01. The van der Waals surface area contributed by atoms with Crippen molar-refractivity contribution in [2.45, 2.75) is 13.3 Å². The second kappa shape index (κ2) is 3.53. The molecule has 0 atom stereocenters. The first-order valence-corrected chi connectivity index (χ1v) is 5.08. The third-order valence-electron chi connectivity index (χ3n) is 1.98. The van der Waals surface area contributed by atoms with Crippen LogP contribution >= 0.6 is 15.9 Å². The molecule has 3 nitrogen and oxygen atoms in total. The van der Waals surface area contributed by atoms with E-state index in [9.17, 15) is 4.79 Å². The van der Waals surface area contributed by atoms with E-state index >= 15 is 0 Å². The number of ketones is 1. The Morgan fingerprint density at radius 1 is 1.57 bits per heavy atom. The van der Waals surface area contributed by atoms with Gasteiger partial charge in [0.25, 0.3) is 0 Å². The van der Waals surface area contributed by atoms with Gasteiger partial charge in [0.05, 0.1) is 10.3 Å². The molecule has 2 aromatic rings. The molecule has 0 bridgehead atoms. The number of pyridine rings is 1. The molecule has 0 unspecified atom stereocenters. The molecule has 2 rings (SSSR count). The lowest BCUT2D eigenvalue weighted by atomic mass is 10.2. The number of rotatable bonds is 2. The van der Waals surface area contributed by atoms with Crippen LogP contribution in [0.4, 0.5) is 0 Å². The molecule has 2 heterocycles. The molecule has 0 aliphatic carbocycles. The fraction of sp³-hybridized carbons (Fsp3) is 0.200. The Bertz CT molecular complexity index is 490. The van der Waals surface area contributed by atoms with E-state index < -0.39 is 0 Å². The van der Waals surface area contributed by atoms with Crippen LogP contribution in [0, 0.1) is 0 Å². The maximum atomic E-state index is 11.0. The minimum atomic E-state index is 0.141. The molecule has 0 aliphatic heterocycles. The summed E-state index contributed by atoms with van der Waals surface area (Å²) in [5.74, 6) is 0.141. The maximum Gasteiger partial charge on any atom is 0.137 e. The lowest BCUT2D eigenvalue weighted by molar-refractivity contribution is -0.116. The molecule has 0 aliphatic rings. The standard InChI is InChI=1S/C10H9BrN2O/c1-7(14)5-8-6-12-10-4-2-3-9(11)13(8)10/h2-4,6H,5H2,1H3. The van der Waals surface area contributed by atoms with Gasteiger partial charge in [0, 0.05) is 12.6 Å². The average molecular weight is 253 g/mol. The molecule has 0 saturated heterocycles. The molecule has 2 aromatic heterocycles. The van der Waals surface area contributed by atoms with Gasteiger partial charge in [-0.1, -0.05) is 6.07 Å². The van der Waals surface area contributed by atoms with Crippen molar-refractivity contribution < 1.29 is 4.79 Å². The van der Waals surface area contributed by atoms with E-state index in [1.807, 2.05) is 22.6 Å². The fourth-order valence-electron chi connectivity index (χ4n) is 1.44. The summed E-state index contributed by atoms with van der Waals surface area (Å²) in [6.45, 7) is 1.58. The summed E-state index contributed by atoms with van der Waals surface area (Å²) >= 11 is 3.43. The normalized spacial score (nSPS) is 10.7. The first-order valence-electron chi connectivity index (χ1n) is 4.29. The smallest absolute Gasteiger partial charge is 0.137 e. The van der Waals surface area contributed by atoms with Gasteiger partial charge in [-0.3, -0.25) is 9.20 Å². The zero-order valence-corrected chi connectivity index (χ0v) is 9.28. The molecular weight excluding hydrogens is 244 g/mol. The van der Waals surface area contributed by atoms with Crippen LogP contribution in [0.2, 0.25) is 0 Å². The van der Waals surface area contributed by atoms with Crippen molar-refractivity contribution in [3.05, 3.63) is 34.7 Å². The highest BCUT2D eigenvalue weighted by Crippen LogP contribution is 2.16. The Kier molecular flexibility index (Phi) is 2.37. The van der Waals surface area contributed by atoms with Gasteiger partial charge in [-0.15, -0.1) is 0 Å². The topological polar surface area (TPSA) is 34.4 Å². The summed E-state index contributed by atoms with van der Waals surface area (Å²) in [6, 6.07) is 5.76. The molecule has 0 aromatic carbocycles. The zero-order valence-electron chi connectivity index (χ0n) is 7.70. The van der Waals surface area contributed by atoms with E-state index in [2.05, 4.69) is 20.9 Å². The fourth-order valence-corrected chi connectivity index (χ4v) is 2.00. The maximum absolute atomic E-state index is 11.0. The Hall–Kier alpha value is -1.16. The van der Waals surface area contributed by atoms with Crippen molar-refractivity contribution >= 4 is 27.4 Å². The van der Waals surface area contributed by atoms with Crippen molar-refractivity contribution in [3.63, 3.8) is 0 Å². The zero-order chi connectivity index (χ0) is 10.1. The lowest BCUT2D eigenvalue weighted by Crippen LogP contribution is -2.00. The van der Waals surface area contributed by atoms with Gasteiger partial charge >= 0.3 is 0 Å². The van der Waals surface area contributed by atoms with Crippen molar-refractivity contribution in [2.75, 3.05) is 0 Å². The molecule has 14 heavy (non-hydrogen) atoms. The third-order valence-corrected chi connectivity index (χ3v) is 2.60.